The van der Waals surface area contributed by atoms with Crippen LogP contribution in [0.5, 0.6) is 0 Å². The van der Waals surface area contributed by atoms with E-state index >= 15 is 0 Å². The second-order valence-corrected chi connectivity index (χ2v) is 14.9. The Hall–Kier alpha value is 0.603. The van der Waals surface area contributed by atoms with Crippen LogP contribution >= 0.6 is 0 Å². The number of halogens is 1. The first kappa shape index (κ1) is 29.8. The summed E-state index contributed by atoms with van der Waals surface area (Å²) in [5.41, 5.74) is 2.63. The van der Waals surface area contributed by atoms with E-state index in [4.69, 9.17) is 4.43 Å². The van der Waals surface area contributed by atoms with Crippen LogP contribution in [0.15, 0.2) is 18.2 Å². The molecule has 0 fully saturated rings. The minimum atomic E-state index is -1.80. The average molecular weight is 468 g/mol. The standard InChI is InChI=1S/C21H36O2Si.CH3.BrH.Mg/c1-19(2,3)21(7,22)17-12-10-11-16-15(17)13-14-18(16)23-24(8,9)20(4,5)6;;;/h10-12,18,22H,13-14H2,1-9H3;1H3;1H;/q;-1;;+2/p-1/t18-,21?;;;/m0.../s1. The molecular weight excluding hydrogens is 429 g/mol. The largest absolute Gasteiger partial charge is 2.00 e. The molecule has 0 spiro atoms. The maximum atomic E-state index is 11.2. The van der Waals surface area contributed by atoms with E-state index in [1.54, 1.807) is 0 Å². The first-order valence-electron chi connectivity index (χ1n) is 9.21. The Morgan fingerprint density at radius 1 is 1.04 bits per heavy atom. The number of hydrogen-bond donors (Lipinski definition) is 1. The Balaban J connectivity index is 0. The molecule has 0 amide bonds. The van der Waals surface area contributed by atoms with Gasteiger partial charge in [0.2, 0.25) is 0 Å². The van der Waals surface area contributed by atoms with Crippen molar-refractivity contribution < 1.29 is 26.5 Å². The zero-order valence-corrected chi connectivity index (χ0v) is 23.2. The Morgan fingerprint density at radius 3 is 2.00 bits per heavy atom. The molecule has 5 heteroatoms. The third-order valence-electron chi connectivity index (χ3n) is 6.44. The van der Waals surface area contributed by atoms with E-state index in [1.165, 1.54) is 11.1 Å². The van der Waals surface area contributed by atoms with Crippen molar-refractivity contribution in [3.8, 4) is 0 Å². The molecule has 1 N–H and O–H groups in total. The van der Waals surface area contributed by atoms with E-state index in [0.717, 1.165) is 18.4 Å². The smallest absolute Gasteiger partial charge is 1.00 e. The van der Waals surface area contributed by atoms with Crippen molar-refractivity contribution in [2.45, 2.75) is 91.1 Å². The van der Waals surface area contributed by atoms with Crippen LogP contribution < -0.4 is 17.0 Å². The van der Waals surface area contributed by atoms with Gasteiger partial charge in [0.05, 0.1) is 11.7 Å². The van der Waals surface area contributed by atoms with Crippen molar-refractivity contribution in [2.75, 3.05) is 0 Å². The molecule has 1 aliphatic rings. The predicted octanol–water partition coefficient (Wildman–Crippen LogP) is 3.02. The third kappa shape index (κ3) is 5.82. The normalized spacial score (nSPS) is 19.1. The molecule has 0 bridgehead atoms. The summed E-state index contributed by atoms with van der Waals surface area (Å²) >= 11 is 0. The van der Waals surface area contributed by atoms with Gasteiger partial charge in [0.15, 0.2) is 8.32 Å². The van der Waals surface area contributed by atoms with Gasteiger partial charge in [-0.3, -0.25) is 0 Å². The van der Waals surface area contributed by atoms with Crippen LogP contribution in [-0.2, 0) is 16.4 Å². The minimum Gasteiger partial charge on any atom is -1.00 e. The zero-order chi connectivity index (χ0) is 18.6. The minimum absolute atomic E-state index is 0. The summed E-state index contributed by atoms with van der Waals surface area (Å²) in [5.74, 6) is 0. The second kappa shape index (κ2) is 9.61. The Kier molecular flexibility index (Phi) is 10.6. The second-order valence-electron chi connectivity index (χ2n) is 10.1. The molecule has 2 nitrogen and oxygen atoms in total. The molecule has 0 saturated heterocycles. The van der Waals surface area contributed by atoms with Crippen LogP contribution in [0.3, 0.4) is 0 Å². The molecule has 0 saturated carbocycles. The van der Waals surface area contributed by atoms with Crippen molar-refractivity contribution in [1.82, 2.24) is 0 Å². The van der Waals surface area contributed by atoms with Crippen molar-refractivity contribution in [1.29, 1.82) is 0 Å². The van der Waals surface area contributed by atoms with E-state index in [0.29, 0.717) is 0 Å². The maximum absolute atomic E-state index is 11.2. The van der Waals surface area contributed by atoms with Gasteiger partial charge in [-0.1, -0.05) is 59.7 Å². The summed E-state index contributed by atoms with van der Waals surface area (Å²) in [6.45, 7) is 19.8. The summed E-state index contributed by atoms with van der Waals surface area (Å²) in [6, 6.07) is 6.38. The quantitative estimate of drug-likeness (QED) is 0.547. The van der Waals surface area contributed by atoms with E-state index in [9.17, 15) is 5.11 Å². The molecule has 0 aromatic heterocycles. The summed E-state index contributed by atoms with van der Waals surface area (Å²) in [7, 11) is -1.80. The fourth-order valence-corrected chi connectivity index (χ4v) is 4.44. The van der Waals surface area contributed by atoms with E-state index in [1.807, 2.05) is 6.92 Å². The molecule has 2 rings (SSSR count). The average Bonchev–Trinajstić information content (AvgIpc) is 2.78. The van der Waals surface area contributed by atoms with Crippen molar-refractivity contribution in [2.24, 2.45) is 5.41 Å². The fourth-order valence-electron chi connectivity index (χ4n) is 3.13. The predicted molar refractivity (Wildman–Crippen MR) is 117 cm³/mol. The van der Waals surface area contributed by atoms with Crippen molar-refractivity contribution in [3.63, 3.8) is 0 Å². The zero-order valence-electron chi connectivity index (χ0n) is 19.2. The molecule has 152 valence electrons. The molecule has 0 aliphatic heterocycles. The summed E-state index contributed by atoms with van der Waals surface area (Å²) in [4.78, 5) is 0. The van der Waals surface area contributed by atoms with Gasteiger partial charge in [-0.15, -0.1) is 0 Å². The van der Waals surface area contributed by atoms with Gasteiger partial charge in [-0.25, -0.2) is 0 Å². The van der Waals surface area contributed by atoms with E-state index in [-0.39, 0.29) is 64.0 Å². The third-order valence-corrected chi connectivity index (χ3v) is 10.9. The van der Waals surface area contributed by atoms with Crippen LogP contribution in [0.1, 0.15) is 77.7 Å². The van der Waals surface area contributed by atoms with Gasteiger partial charge in [0.1, 0.15) is 0 Å². The van der Waals surface area contributed by atoms with Crippen LogP contribution in [0, 0.1) is 12.8 Å². The Morgan fingerprint density at radius 2 is 1.56 bits per heavy atom. The summed E-state index contributed by atoms with van der Waals surface area (Å²) < 4.78 is 6.70. The molecule has 27 heavy (non-hydrogen) atoms. The van der Waals surface area contributed by atoms with Crippen molar-refractivity contribution >= 4 is 31.4 Å². The number of aliphatic hydroxyl groups is 1. The van der Waals surface area contributed by atoms with Crippen LogP contribution in [0.4, 0.5) is 0 Å². The van der Waals surface area contributed by atoms with E-state index < -0.39 is 13.9 Å². The summed E-state index contributed by atoms with van der Waals surface area (Å²) in [5, 5.41) is 11.4. The molecule has 0 radical (unpaired) electrons. The number of rotatable bonds is 3. The van der Waals surface area contributed by atoms with Crippen molar-refractivity contribution in [3.05, 3.63) is 42.3 Å². The number of fused-ring (bicyclic) bond motifs is 1. The van der Waals surface area contributed by atoms with Gasteiger partial charge in [-0.2, -0.15) is 0 Å². The van der Waals surface area contributed by atoms with Crippen LogP contribution in [0.25, 0.3) is 0 Å². The van der Waals surface area contributed by atoms with Gasteiger partial charge in [0, 0.05) is 0 Å². The van der Waals surface area contributed by atoms with E-state index in [2.05, 4.69) is 72.8 Å². The molecule has 0 heterocycles. The summed E-state index contributed by atoms with van der Waals surface area (Å²) in [6.07, 6.45) is 2.20. The maximum Gasteiger partial charge on any atom is 2.00 e. The molecule has 1 unspecified atom stereocenters. The molecule has 1 aliphatic carbocycles. The SMILES string of the molecule is CC(C)(C)C(C)(O)c1cccc2c1CC[C@@H]2O[Si](C)(C)C(C)(C)C.[Br-].[CH3-].[Mg+2]. The van der Waals surface area contributed by atoms with Crippen LogP contribution in [0.2, 0.25) is 18.1 Å². The van der Waals surface area contributed by atoms with Gasteiger partial charge < -0.3 is 33.9 Å². The monoisotopic (exact) mass is 466 g/mol. The Bertz CT molecular complexity index is 616. The molecular formula is C22H39BrMgO2Si. The van der Waals surface area contributed by atoms with Gasteiger partial charge in [-0.05, 0) is 60.0 Å². The first-order chi connectivity index (χ1) is 10.7. The molecule has 1 aromatic rings. The first-order valence-corrected chi connectivity index (χ1v) is 12.1. The molecule has 1 aromatic carbocycles. The number of benzene rings is 1. The van der Waals surface area contributed by atoms with Gasteiger partial charge in [0.25, 0.3) is 0 Å². The topological polar surface area (TPSA) is 29.5 Å². The number of hydrogen-bond acceptors (Lipinski definition) is 2. The van der Waals surface area contributed by atoms with Gasteiger partial charge >= 0.3 is 23.1 Å². The Labute approximate surface area is 195 Å². The molecule has 2 atom stereocenters. The fraction of sp³-hybridized carbons (Fsp3) is 0.682. The van der Waals surface area contributed by atoms with Crippen LogP contribution in [-0.4, -0.2) is 36.5 Å².